The van der Waals surface area contributed by atoms with Crippen LogP contribution in [0.2, 0.25) is 0 Å². The predicted octanol–water partition coefficient (Wildman–Crippen LogP) is 3.12. The van der Waals surface area contributed by atoms with Gasteiger partial charge >= 0.3 is 0 Å². The van der Waals surface area contributed by atoms with Gasteiger partial charge in [-0.05, 0) is 74.6 Å². The number of hydrogen-bond acceptors (Lipinski definition) is 4. The number of rotatable bonds is 6. The lowest BCUT2D eigenvalue weighted by Gasteiger charge is -2.29. The molecule has 8 heteroatoms. The van der Waals surface area contributed by atoms with Crippen LogP contribution in [0.15, 0.2) is 53.4 Å². The Bertz CT molecular complexity index is 938. The number of nitrogen functional groups attached to an aromatic ring is 1. The minimum Gasteiger partial charge on any atom is -0.399 e. The van der Waals surface area contributed by atoms with Crippen molar-refractivity contribution < 1.29 is 17.6 Å². The van der Waals surface area contributed by atoms with E-state index in [2.05, 4.69) is 10.0 Å². The van der Waals surface area contributed by atoms with Crippen LogP contribution in [0.5, 0.6) is 0 Å². The topological polar surface area (TPSA) is 101 Å². The predicted molar refractivity (Wildman–Crippen MR) is 110 cm³/mol. The van der Waals surface area contributed by atoms with Crippen LogP contribution in [-0.2, 0) is 14.8 Å². The summed E-state index contributed by atoms with van der Waals surface area (Å²) in [6.45, 7) is 1.86. The molecule has 2 aromatic carbocycles. The van der Waals surface area contributed by atoms with Gasteiger partial charge in [0.15, 0.2) is 0 Å². The average Bonchev–Trinajstić information content (AvgIpc) is 2.69. The minimum absolute atomic E-state index is 0.0540. The molecule has 1 aliphatic rings. The molecule has 0 saturated heterocycles. The van der Waals surface area contributed by atoms with Gasteiger partial charge in [-0.15, -0.1) is 0 Å². The first kappa shape index (κ1) is 21.3. The number of carbonyl (C=O) groups excluding carboxylic acids is 1. The summed E-state index contributed by atoms with van der Waals surface area (Å²) in [7, 11) is -3.61. The smallest absolute Gasteiger partial charge is 0.240 e. The molecule has 1 fully saturated rings. The second-order valence-corrected chi connectivity index (χ2v) is 9.23. The number of amides is 1. The molecule has 0 aliphatic heterocycles. The number of carbonyl (C=O) groups is 1. The van der Waals surface area contributed by atoms with Gasteiger partial charge in [-0.2, -0.15) is 0 Å². The van der Waals surface area contributed by atoms with Crippen LogP contribution in [0.25, 0.3) is 0 Å². The Hall–Kier alpha value is -2.45. The molecule has 29 heavy (non-hydrogen) atoms. The van der Waals surface area contributed by atoms with Crippen LogP contribution >= 0.6 is 0 Å². The molecule has 6 nitrogen and oxygen atoms in total. The number of halogens is 1. The number of hydrogen-bond donors (Lipinski definition) is 3. The highest BCUT2D eigenvalue weighted by Gasteiger charge is 2.29. The first-order valence-electron chi connectivity index (χ1n) is 9.68. The molecule has 0 aromatic heterocycles. The van der Waals surface area contributed by atoms with E-state index in [1.54, 1.807) is 24.3 Å². The van der Waals surface area contributed by atoms with Gasteiger partial charge in [0, 0.05) is 17.6 Å². The summed E-state index contributed by atoms with van der Waals surface area (Å²) in [4.78, 5) is 12.7. The van der Waals surface area contributed by atoms with E-state index >= 15 is 0 Å². The van der Waals surface area contributed by atoms with Crippen molar-refractivity contribution in [2.45, 2.75) is 49.6 Å². The molecular formula is C21H26FN3O3S. The molecule has 1 aliphatic carbocycles. The summed E-state index contributed by atoms with van der Waals surface area (Å²) in [5, 5.41) is 2.97. The van der Waals surface area contributed by atoms with Gasteiger partial charge in [0.05, 0.1) is 10.9 Å². The second-order valence-electron chi connectivity index (χ2n) is 7.52. The zero-order valence-electron chi connectivity index (χ0n) is 16.3. The van der Waals surface area contributed by atoms with Crippen molar-refractivity contribution in [3.8, 4) is 0 Å². The highest BCUT2D eigenvalue weighted by atomic mass is 32.2. The summed E-state index contributed by atoms with van der Waals surface area (Å²) in [6.07, 6.45) is 2.40. The monoisotopic (exact) mass is 419 g/mol. The molecular weight excluding hydrogens is 393 g/mol. The van der Waals surface area contributed by atoms with E-state index < -0.39 is 10.0 Å². The number of anilines is 1. The molecule has 4 N–H and O–H groups in total. The van der Waals surface area contributed by atoms with Crippen LogP contribution in [0.3, 0.4) is 0 Å². The maximum absolute atomic E-state index is 13.0. The number of sulfonamides is 1. The van der Waals surface area contributed by atoms with Gasteiger partial charge in [0.25, 0.3) is 0 Å². The molecule has 3 rings (SSSR count). The molecule has 0 bridgehead atoms. The Labute approximate surface area is 170 Å². The van der Waals surface area contributed by atoms with Crippen molar-refractivity contribution in [1.82, 2.24) is 10.0 Å². The Kier molecular flexibility index (Phi) is 6.54. The zero-order valence-corrected chi connectivity index (χ0v) is 17.1. The number of nitrogens with two attached hydrogens (primary N) is 1. The largest absolute Gasteiger partial charge is 0.399 e. The van der Waals surface area contributed by atoms with E-state index in [4.69, 9.17) is 5.73 Å². The maximum Gasteiger partial charge on any atom is 0.240 e. The van der Waals surface area contributed by atoms with Crippen LogP contribution in [-0.4, -0.2) is 20.4 Å². The van der Waals surface area contributed by atoms with Gasteiger partial charge in [-0.3, -0.25) is 4.79 Å². The fraction of sp³-hybridized carbons (Fsp3) is 0.381. The molecule has 1 amide bonds. The van der Waals surface area contributed by atoms with Gasteiger partial charge in [0.1, 0.15) is 5.82 Å². The normalized spacial score (nSPS) is 20.8. The van der Waals surface area contributed by atoms with Crippen LogP contribution in [0.1, 0.15) is 44.2 Å². The lowest BCUT2D eigenvalue weighted by atomic mass is 9.85. The molecule has 1 saturated carbocycles. The molecule has 1 atom stereocenters. The van der Waals surface area contributed by atoms with Crippen LogP contribution in [0.4, 0.5) is 10.1 Å². The third-order valence-corrected chi connectivity index (χ3v) is 6.88. The third kappa shape index (κ3) is 5.55. The molecule has 0 unspecified atom stereocenters. The van der Waals surface area contributed by atoms with Crippen molar-refractivity contribution in [2.24, 2.45) is 5.92 Å². The molecule has 0 heterocycles. The van der Waals surface area contributed by atoms with Gasteiger partial charge in [-0.25, -0.2) is 17.5 Å². The van der Waals surface area contributed by atoms with Crippen molar-refractivity contribution in [3.05, 3.63) is 59.9 Å². The lowest BCUT2D eigenvalue weighted by Crippen LogP contribution is -2.41. The first-order chi connectivity index (χ1) is 13.7. The maximum atomic E-state index is 13.0. The third-order valence-electron chi connectivity index (χ3n) is 5.34. The second kappa shape index (κ2) is 8.92. The quantitative estimate of drug-likeness (QED) is 0.626. The molecule has 0 radical (unpaired) electrons. The van der Waals surface area contributed by atoms with Gasteiger partial charge in [-0.1, -0.05) is 12.1 Å². The molecule has 2 aromatic rings. The van der Waals surface area contributed by atoms with Crippen molar-refractivity contribution in [3.63, 3.8) is 0 Å². The highest BCUT2D eigenvalue weighted by Crippen LogP contribution is 2.27. The van der Waals surface area contributed by atoms with E-state index in [0.717, 1.165) is 5.56 Å². The van der Waals surface area contributed by atoms with Crippen molar-refractivity contribution in [1.29, 1.82) is 0 Å². The van der Waals surface area contributed by atoms with Crippen LogP contribution in [0, 0.1) is 11.7 Å². The summed E-state index contributed by atoms with van der Waals surface area (Å²) >= 11 is 0. The fourth-order valence-corrected chi connectivity index (χ4v) is 4.88. The van der Waals surface area contributed by atoms with E-state index in [9.17, 15) is 17.6 Å². The number of benzene rings is 2. The van der Waals surface area contributed by atoms with Gasteiger partial charge in [0.2, 0.25) is 15.9 Å². The van der Waals surface area contributed by atoms with Crippen molar-refractivity contribution >= 4 is 21.6 Å². The van der Waals surface area contributed by atoms with Gasteiger partial charge < -0.3 is 11.1 Å². The Morgan fingerprint density at radius 3 is 2.21 bits per heavy atom. The molecule has 156 valence electrons. The molecule has 0 spiro atoms. The summed E-state index contributed by atoms with van der Waals surface area (Å²) in [5.41, 5.74) is 6.95. The Balaban J connectivity index is 1.51. The Morgan fingerprint density at radius 2 is 1.62 bits per heavy atom. The Morgan fingerprint density at radius 1 is 1.03 bits per heavy atom. The summed E-state index contributed by atoms with van der Waals surface area (Å²) < 4.78 is 40.8. The minimum atomic E-state index is -3.61. The van der Waals surface area contributed by atoms with Crippen LogP contribution < -0.4 is 15.8 Å². The fourth-order valence-electron chi connectivity index (χ4n) is 3.57. The lowest BCUT2D eigenvalue weighted by molar-refractivity contribution is -0.126. The highest BCUT2D eigenvalue weighted by molar-refractivity contribution is 7.89. The van der Waals surface area contributed by atoms with E-state index in [0.29, 0.717) is 31.4 Å². The number of nitrogens with one attached hydrogen (secondary N) is 2. The average molecular weight is 420 g/mol. The summed E-state index contributed by atoms with van der Waals surface area (Å²) in [5.74, 6) is -0.524. The van der Waals surface area contributed by atoms with Crippen molar-refractivity contribution in [2.75, 3.05) is 5.73 Å². The first-order valence-corrected chi connectivity index (χ1v) is 11.2. The van der Waals surface area contributed by atoms with E-state index in [1.165, 1.54) is 24.3 Å². The zero-order chi connectivity index (χ0) is 21.0. The van der Waals surface area contributed by atoms with E-state index in [1.807, 2.05) is 6.92 Å². The standard InChI is InChI=1S/C21H26FN3O3S/c1-14(15-2-6-17(22)7-3-15)24-21(26)16-4-10-19(11-5-16)25-29(27,28)20-12-8-18(23)9-13-20/h2-3,6-9,12-14,16,19,25H,4-5,10-11,23H2,1H3,(H,24,26)/t14-,16-,19-/m1/s1. The SMILES string of the molecule is C[C@@H](NC(=O)[C@H]1CC[C@H](NS(=O)(=O)c2ccc(N)cc2)CC1)c1ccc(F)cc1. The summed E-state index contributed by atoms with van der Waals surface area (Å²) in [6, 6.07) is 11.7. The van der Waals surface area contributed by atoms with E-state index in [-0.39, 0.29) is 34.6 Å².